The Kier molecular flexibility index (Phi) is 4.59. The highest BCUT2D eigenvalue weighted by atomic mass is 19.2. The molecule has 0 aromatic heterocycles. The van der Waals surface area contributed by atoms with Gasteiger partial charge in [0.15, 0.2) is 11.6 Å². The van der Waals surface area contributed by atoms with Crippen LogP contribution in [0.1, 0.15) is 22.7 Å². The number of nitrogens with one attached hydrogen (secondary N) is 1. The maximum absolute atomic E-state index is 13.8. The van der Waals surface area contributed by atoms with E-state index in [1.165, 1.54) is 19.1 Å². The van der Waals surface area contributed by atoms with Crippen molar-refractivity contribution in [2.75, 3.05) is 0 Å². The maximum atomic E-state index is 13.8. The van der Waals surface area contributed by atoms with Crippen molar-refractivity contribution >= 4 is 0 Å². The number of benzene rings is 2. The first-order valence-electron chi connectivity index (χ1n) is 6.28. The molecule has 0 radical (unpaired) electrons. The number of aryl methyl sites for hydroxylation is 1. The van der Waals surface area contributed by atoms with Crippen molar-refractivity contribution in [3.63, 3.8) is 0 Å². The van der Waals surface area contributed by atoms with E-state index in [-0.39, 0.29) is 17.5 Å². The van der Waals surface area contributed by atoms with Gasteiger partial charge in [0.1, 0.15) is 11.6 Å². The molecule has 0 aliphatic carbocycles. The molecule has 0 fully saturated rings. The molecule has 0 bridgehead atoms. The van der Waals surface area contributed by atoms with Crippen molar-refractivity contribution < 1.29 is 17.6 Å². The highest BCUT2D eigenvalue weighted by molar-refractivity contribution is 5.30. The third-order valence-corrected chi connectivity index (χ3v) is 3.28. The SMILES string of the molecule is Cc1cc(C(Cc2ccc(F)c(F)c2)NN)c(F)cc1F. The zero-order valence-corrected chi connectivity index (χ0v) is 11.3. The summed E-state index contributed by atoms with van der Waals surface area (Å²) in [7, 11) is 0. The zero-order chi connectivity index (χ0) is 15.6. The zero-order valence-electron chi connectivity index (χ0n) is 11.3. The minimum absolute atomic E-state index is 0.135. The monoisotopic (exact) mass is 298 g/mol. The fourth-order valence-electron chi connectivity index (χ4n) is 2.11. The summed E-state index contributed by atoms with van der Waals surface area (Å²) >= 11 is 0. The summed E-state index contributed by atoms with van der Waals surface area (Å²) < 4.78 is 53.2. The lowest BCUT2D eigenvalue weighted by atomic mass is 9.97. The van der Waals surface area contributed by atoms with Crippen LogP contribution in [0.25, 0.3) is 0 Å². The van der Waals surface area contributed by atoms with Crippen molar-refractivity contribution in [3.05, 3.63) is 70.3 Å². The van der Waals surface area contributed by atoms with E-state index in [9.17, 15) is 17.6 Å². The number of hydrogen-bond donors (Lipinski definition) is 2. The molecule has 0 saturated heterocycles. The Bertz CT molecular complexity index is 658. The molecular weight excluding hydrogens is 284 g/mol. The maximum Gasteiger partial charge on any atom is 0.159 e. The summed E-state index contributed by atoms with van der Waals surface area (Å²) in [5, 5.41) is 0. The second-order valence-electron chi connectivity index (χ2n) is 4.79. The van der Waals surface area contributed by atoms with Gasteiger partial charge in [-0.3, -0.25) is 11.3 Å². The highest BCUT2D eigenvalue weighted by Crippen LogP contribution is 2.24. The molecule has 3 N–H and O–H groups in total. The molecule has 2 rings (SSSR count). The Labute approximate surface area is 119 Å². The average molecular weight is 298 g/mol. The first-order chi connectivity index (χ1) is 9.92. The van der Waals surface area contributed by atoms with Crippen LogP contribution in [0, 0.1) is 30.2 Å². The van der Waals surface area contributed by atoms with E-state index >= 15 is 0 Å². The van der Waals surface area contributed by atoms with Gasteiger partial charge in [-0.25, -0.2) is 17.6 Å². The van der Waals surface area contributed by atoms with Crippen molar-refractivity contribution in [2.24, 2.45) is 5.84 Å². The van der Waals surface area contributed by atoms with Crippen LogP contribution in [0.2, 0.25) is 0 Å². The molecule has 0 saturated carbocycles. The summed E-state index contributed by atoms with van der Waals surface area (Å²) in [6, 6.07) is 4.83. The average Bonchev–Trinajstić information content (AvgIpc) is 2.44. The molecule has 0 heterocycles. The number of hydrazine groups is 1. The van der Waals surface area contributed by atoms with E-state index < -0.39 is 29.3 Å². The molecule has 1 atom stereocenters. The molecule has 1 unspecified atom stereocenters. The largest absolute Gasteiger partial charge is 0.271 e. The Hall–Kier alpha value is -1.92. The minimum atomic E-state index is -0.987. The summed E-state index contributed by atoms with van der Waals surface area (Å²) in [5.41, 5.74) is 3.30. The normalized spacial score (nSPS) is 12.5. The van der Waals surface area contributed by atoms with Gasteiger partial charge in [0.2, 0.25) is 0 Å². The van der Waals surface area contributed by atoms with Crippen molar-refractivity contribution in [3.8, 4) is 0 Å². The first kappa shape index (κ1) is 15.5. The molecule has 0 aliphatic heterocycles. The van der Waals surface area contributed by atoms with Crippen molar-refractivity contribution in [1.29, 1.82) is 0 Å². The van der Waals surface area contributed by atoms with Crippen LogP contribution in [0.15, 0.2) is 30.3 Å². The van der Waals surface area contributed by atoms with Gasteiger partial charge in [-0.2, -0.15) is 0 Å². The predicted octanol–water partition coefficient (Wildman–Crippen LogP) is 3.30. The topological polar surface area (TPSA) is 38.0 Å². The summed E-state index contributed by atoms with van der Waals surface area (Å²) in [6.45, 7) is 1.50. The summed E-state index contributed by atoms with van der Waals surface area (Å²) in [5.74, 6) is 2.05. The van der Waals surface area contributed by atoms with E-state index in [0.717, 1.165) is 18.2 Å². The lowest BCUT2D eigenvalue weighted by molar-refractivity contribution is 0.491. The molecule has 2 nitrogen and oxygen atoms in total. The van der Waals surface area contributed by atoms with Crippen LogP contribution in [-0.4, -0.2) is 0 Å². The highest BCUT2D eigenvalue weighted by Gasteiger charge is 2.18. The van der Waals surface area contributed by atoms with Crippen LogP contribution in [0.3, 0.4) is 0 Å². The van der Waals surface area contributed by atoms with Gasteiger partial charge in [0, 0.05) is 11.6 Å². The fraction of sp³-hybridized carbons (Fsp3) is 0.200. The second-order valence-corrected chi connectivity index (χ2v) is 4.79. The van der Waals surface area contributed by atoms with Crippen molar-refractivity contribution in [1.82, 2.24) is 5.43 Å². The molecule has 2 aromatic rings. The first-order valence-corrected chi connectivity index (χ1v) is 6.28. The van der Waals surface area contributed by atoms with E-state index in [0.29, 0.717) is 5.56 Å². The van der Waals surface area contributed by atoms with Gasteiger partial charge in [-0.1, -0.05) is 6.07 Å². The second kappa shape index (κ2) is 6.24. The molecule has 0 aliphatic rings. The lowest BCUT2D eigenvalue weighted by Gasteiger charge is -2.18. The Morgan fingerprint density at radius 1 is 0.952 bits per heavy atom. The third kappa shape index (κ3) is 3.40. The van der Waals surface area contributed by atoms with Gasteiger partial charge in [0.25, 0.3) is 0 Å². The van der Waals surface area contributed by atoms with Gasteiger partial charge in [-0.05, 0) is 42.7 Å². The number of hydrogen-bond acceptors (Lipinski definition) is 2. The Morgan fingerprint density at radius 3 is 2.29 bits per heavy atom. The molecule has 2 aromatic carbocycles. The van der Waals surface area contributed by atoms with Gasteiger partial charge in [-0.15, -0.1) is 0 Å². The molecule has 0 amide bonds. The Balaban J connectivity index is 2.31. The van der Waals surface area contributed by atoms with Crippen LogP contribution >= 0.6 is 0 Å². The van der Waals surface area contributed by atoms with Gasteiger partial charge in [0.05, 0.1) is 6.04 Å². The standard InChI is InChI=1S/C15H14F4N2/c1-8-4-10(13(18)7-12(8)17)15(21-20)6-9-2-3-11(16)14(19)5-9/h2-5,7,15,21H,6,20H2,1H3. The quantitative estimate of drug-likeness (QED) is 0.516. The molecular formula is C15H14F4N2. The fourth-order valence-corrected chi connectivity index (χ4v) is 2.11. The van der Waals surface area contributed by atoms with Crippen LogP contribution in [0.4, 0.5) is 17.6 Å². The lowest BCUT2D eigenvalue weighted by Crippen LogP contribution is -2.30. The summed E-state index contributed by atoms with van der Waals surface area (Å²) in [4.78, 5) is 0. The number of halogens is 4. The van der Waals surface area contributed by atoms with Gasteiger partial charge < -0.3 is 0 Å². The van der Waals surface area contributed by atoms with Crippen molar-refractivity contribution in [2.45, 2.75) is 19.4 Å². The minimum Gasteiger partial charge on any atom is -0.271 e. The smallest absolute Gasteiger partial charge is 0.159 e. The molecule has 21 heavy (non-hydrogen) atoms. The number of nitrogens with two attached hydrogens (primary N) is 1. The number of rotatable bonds is 4. The Morgan fingerprint density at radius 2 is 1.67 bits per heavy atom. The van der Waals surface area contributed by atoms with Gasteiger partial charge >= 0.3 is 0 Å². The molecule has 6 heteroatoms. The summed E-state index contributed by atoms with van der Waals surface area (Å²) in [6.07, 6.45) is 0.135. The van der Waals surface area contributed by atoms with Crippen LogP contribution < -0.4 is 11.3 Å². The van der Waals surface area contributed by atoms with E-state index in [4.69, 9.17) is 5.84 Å². The third-order valence-electron chi connectivity index (χ3n) is 3.28. The van der Waals surface area contributed by atoms with E-state index in [1.54, 1.807) is 0 Å². The van der Waals surface area contributed by atoms with E-state index in [1.807, 2.05) is 0 Å². The predicted molar refractivity (Wildman–Crippen MR) is 71.2 cm³/mol. The molecule has 112 valence electrons. The van der Waals surface area contributed by atoms with Crippen LogP contribution in [0.5, 0.6) is 0 Å². The molecule has 0 spiro atoms. The van der Waals surface area contributed by atoms with E-state index in [2.05, 4.69) is 5.43 Å². The van der Waals surface area contributed by atoms with Crippen LogP contribution in [-0.2, 0) is 6.42 Å².